The van der Waals surface area contributed by atoms with Crippen molar-refractivity contribution >= 4 is 5.91 Å². The second-order valence-corrected chi connectivity index (χ2v) is 3.60. The number of carbonyl (C=O) groups is 1. The molecule has 6 nitrogen and oxygen atoms in total. The summed E-state index contributed by atoms with van der Waals surface area (Å²) in [5, 5.41) is 5.86. The molecule has 15 heavy (non-hydrogen) atoms. The number of nitrogens with two attached hydrogens (primary N) is 1. The van der Waals surface area contributed by atoms with Gasteiger partial charge in [0, 0.05) is 19.1 Å². The molecular formula is C9H22N4O2. The van der Waals surface area contributed by atoms with E-state index in [1.165, 1.54) is 0 Å². The summed E-state index contributed by atoms with van der Waals surface area (Å²) in [7, 11) is 0. The average Bonchev–Trinajstić information content (AvgIpc) is 2.20. The summed E-state index contributed by atoms with van der Waals surface area (Å²) < 4.78 is 0. The molecule has 0 bridgehead atoms. The number of rotatable bonds is 9. The fourth-order valence-electron chi connectivity index (χ4n) is 0.968. The lowest BCUT2D eigenvalue weighted by atomic mass is 10.3. The molecule has 1 amide bonds. The molecule has 0 radical (unpaired) electrons. The number of amides is 1. The van der Waals surface area contributed by atoms with Gasteiger partial charge < -0.3 is 10.6 Å². The standard InChI is InChI=1S/C9H22N4O2/c1-8(2)12-7-9(14)11-5-3-4-6-13-15-10/h8,12-13H,3-7,10H2,1-2H3,(H,11,14). The van der Waals surface area contributed by atoms with E-state index in [0.29, 0.717) is 25.7 Å². The molecule has 90 valence electrons. The highest BCUT2D eigenvalue weighted by atomic mass is 16.8. The van der Waals surface area contributed by atoms with E-state index in [0.717, 1.165) is 12.8 Å². The van der Waals surface area contributed by atoms with Gasteiger partial charge in [-0.25, -0.2) is 4.94 Å². The molecule has 0 aromatic heterocycles. The van der Waals surface area contributed by atoms with Crippen LogP contribution in [0.15, 0.2) is 0 Å². The Morgan fingerprint density at radius 3 is 2.60 bits per heavy atom. The maximum absolute atomic E-state index is 11.2. The van der Waals surface area contributed by atoms with Gasteiger partial charge in [0.15, 0.2) is 0 Å². The predicted molar refractivity (Wildman–Crippen MR) is 58.7 cm³/mol. The minimum atomic E-state index is 0.0340. The first-order valence-electron chi connectivity index (χ1n) is 5.25. The van der Waals surface area contributed by atoms with E-state index >= 15 is 0 Å². The minimum Gasteiger partial charge on any atom is -0.355 e. The van der Waals surface area contributed by atoms with Gasteiger partial charge >= 0.3 is 0 Å². The smallest absolute Gasteiger partial charge is 0.233 e. The van der Waals surface area contributed by atoms with Crippen LogP contribution in [0.5, 0.6) is 0 Å². The third kappa shape index (κ3) is 11.2. The Morgan fingerprint density at radius 1 is 1.33 bits per heavy atom. The zero-order valence-electron chi connectivity index (χ0n) is 9.51. The van der Waals surface area contributed by atoms with Crippen molar-refractivity contribution in [2.45, 2.75) is 32.7 Å². The van der Waals surface area contributed by atoms with E-state index in [1.54, 1.807) is 0 Å². The van der Waals surface area contributed by atoms with Gasteiger partial charge in [0.1, 0.15) is 0 Å². The molecule has 6 heteroatoms. The lowest BCUT2D eigenvalue weighted by molar-refractivity contribution is -0.120. The van der Waals surface area contributed by atoms with E-state index < -0.39 is 0 Å². The Hall–Kier alpha value is -0.690. The Balaban J connectivity index is 3.17. The van der Waals surface area contributed by atoms with Gasteiger partial charge in [-0.1, -0.05) is 13.8 Å². The second-order valence-electron chi connectivity index (χ2n) is 3.60. The van der Waals surface area contributed by atoms with Gasteiger partial charge in [0.25, 0.3) is 0 Å². The third-order valence-electron chi connectivity index (χ3n) is 1.78. The molecule has 0 aromatic rings. The summed E-state index contributed by atoms with van der Waals surface area (Å²) >= 11 is 0. The van der Waals surface area contributed by atoms with E-state index in [1.807, 2.05) is 13.8 Å². The van der Waals surface area contributed by atoms with Gasteiger partial charge in [-0.2, -0.15) is 11.4 Å². The minimum absolute atomic E-state index is 0.0340. The van der Waals surface area contributed by atoms with Gasteiger partial charge in [-0.05, 0) is 12.8 Å². The summed E-state index contributed by atoms with van der Waals surface area (Å²) in [6.07, 6.45) is 1.82. The van der Waals surface area contributed by atoms with Crippen molar-refractivity contribution in [2.75, 3.05) is 19.6 Å². The van der Waals surface area contributed by atoms with Gasteiger partial charge in [0.05, 0.1) is 6.54 Å². The summed E-state index contributed by atoms with van der Waals surface area (Å²) in [4.78, 5) is 15.4. The first-order chi connectivity index (χ1) is 7.16. The number of nitrogens with one attached hydrogen (secondary N) is 3. The first-order valence-corrected chi connectivity index (χ1v) is 5.25. The quantitative estimate of drug-likeness (QED) is 0.303. The summed E-state index contributed by atoms with van der Waals surface area (Å²) in [6, 6.07) is 0.335. The van der Waals surface area contributed by atoms with Crippen molar-refractivity contribution in [3.63, 3.8) is 0 Å². The van der Waals surface area contributed by atoms with Gasteiger partial charge in [0.2, 0.25) is 5.91 Å². The van der Waals surface area contributed by atoms with E-state index in [-0.39, 0.29) is 5.91 Å². The van der Waals surface area contributed by atoms with Gasteiger partial charge in [-0.3, -0.25) is 4.79 Å². The molecule has 0 fully saturated rings. The van der Waals surface area contributed by atoms with Crippen molar-refractivity contribution in [1.82, 2.24) is 16.1 Å². The Morgan fingerprint density at radius 2 is 2.00 bits per heavy atom. The zero-order chi connectivity index (χ0) is 11.5. The highest BCUT2D eigenvalue weighted by Crippen LogP contribution is 1.84. The number of hydrogen-bond acceptors (Lipinski definition) is 5. The Kier molecular flexibility index (Phi) is 9.40. The highest BCUT2D eigenvalue weighted by molar-refractivity contribution is 5.77. The molecule has 0 atom stereocenters. The fraction of sp³-hybridized carbons (Fsp3) is 0.889. The van der Waals surface area contributed by atoms with E-state index in [2.05, 4.69) is 21.1 Å². The fourth-order valence-corrected chi connectivity index (χ4v) is 0.968. The van der Waals surface area contributed by atoms with Crippen molar-refractivity contribution in [2.24, 2.45) is 5.90 Å². The van der Waals surface area contributed by atoms with Crippen LogP contribution in [0.3, 0.4) is 0 Å². The van der Waals surface area contributed by atoms with Crippen molar-refractivity contribution in [3.05, 3.63) is 0 Å². The van der Waals surface area contributed by atoms with E-state index in [9.17, 15) is 4.79 Å². The summed E-state index contributed by atoms with van der Waals surface area (Å²) in [6.45, 7) is 5.76. The summed E-state index contributed by atoms with van der Waals surface area (Å²) in [5.74, 6) is 4.80. The molecule has 0 aromatic carbocycles. The molecule has 0 saturated carbocycles. The van der Waals surface area contributed by atoms with Crippen molar-refractivity contribution < 1.29 is 9.73 Å². The molecule has 0 unspecified atom stereocenters. The molecule has 0 rings (SSSR count). The summed E-state index contributed by atoms with van der Waals surface area (Å²) in [5.41, 5.74) is 2.53. The molecule has 0 aliphatic carbocycles. The van der Waals surface area contributed by atoms with Crippen LogP contribution in [0.2, 0.25) is 0 Å². The number of unbranched alkanes of at least 4 members (excludes halogenated alkanes) is 1. The first kappa shape index (κ1) is 14.3. The third-order valence-corrected chi connectivity index (χ3v) is 1.78. The van der Waals surface area contributed by atoms with Gasteiger partial charge in [-0.15, -0.1) is 0 Å². The van der Waals surface area contributed by atoms with Crippen LogP contribution in [0.25, 0.3) is 0 Å². The molecule has 0 heterocycles. The molecule has 0 aliphatic rings. The maximum atomic E-state index is 11.2. The number of carbonyl (C=O) groups excluding carboxylic acids is 1. The van der Waals surface area contributed by atoms with Crippen LogP contribution in [0.1, 0.15) is 26.7 Å². The SMILES string of the molecule is CC(C)NCC(=O)NCCCCNON. The predicted octanol–water partition coefficient (Wildman–Crippen LogP) is -0.724. The topological polar surface area (TPSA) is 88.4 Å². The normalized spacial score (nSPS) is 10.7. The Labute approximate surface area is 90.8 Å². The highest BCUT2D eigenvalue weighted by Gasteiger charge is 2.00. The maximum Gasteiger partial charge on any atom is 0.233 e. The molecule has 0 aliphatic heterocycles. The lowest BCUT2D eigenvalue weighted by Crippen LogP contribution is -2.37. The molecule has 5 N–H and O–H groups in total. The van der Waals surface area contributed by atoms with Crippen LogP contribution < -0.4 is 22.0 Å². The zero-order valence-corrected chi connectivity index (χ0v) is 9.51. The monoisotopic (exact) mass is 218 g/mol. The van der Waals surface area contributed by atoms with Crippen molar-refractivity contribution in [3.8, 4) is 0 Å². The van der Waals surface area contributed by atoms with Crippen LogP contribution in [-0.2, 0) is 9.73 Å². The van der Waals surface area contributed by atoms with Crippen LogP contribution in [0.4, 0.5) is 0 Å². The molecular weight excluding hydrogens is 196 g/mol. The van der Waals surface area contributed by atoms with Crippen LogP contribution in [-0.4, -0.2) is 31.6 Å². The van der Waals surface area contributed by atoms with E-state index in [4.69, 9.17) is 5.90 Å². The average molecular weight is 218 g/mol. The molecule has 0 saturated heterocycles. The van der Waals surface area contributed by atoms with Crippen LogP contribution >= 0.6 is 0 Å². The van der Waals surface area contributed by atoms with Crippen molar-refractivity contribution in [1.29, 1.82) is 0 Å². The largest absolute Gasteiger partial charge is 0.355 e. The second kappa shape index (κ2) is 9.85. The van der Waals surface area contributed by atoms with Crippen LogP contribution in [0, 0.1) is 0 Å². The lowest BCUT2D eigenvalue weighted by Gasteiger charge is -2.08. The Bertz CT molecular complexity index is 164. The molecule has 0 spiro atoms. The number of hydrogen-bond donors (Lipinski definition) is 4. The number of hydroxylamine groups is 1.